The van der Waals surface area contributed by atoms with E-state index < -0.39 is 12.1 Å². The van der Waals surface area contributed by atoms with Gasteiger partial charge in [0.2, 0.25) is 5.91 Å². The minimum absolute atomic E-state index is 0.0430. The molecule has 0 radical (unpaired) electrons. The van der Waals surface area contributed by atoms with Gasteiger partial charge in [-0.3, -0.25) is 4.79 Å². The number of benzene rings is 1. The summed E-state index contributed by atoms with van der Waals surface area (Å²) in [6, 6.07) is 5.06. The van der Waals surface area contributed by atoms with E-state index in [9.17, 15) is 9.59 Å². The zero-order chi connectivity index (χ0) is 16.3. The van der Waals surface area contributed by atoms with Gasteiger partial charge in [-0.1, -0.05) is 11.6 Å². The molecule has 1 N–H and O–H groups in total. The van der Waals surface area contributed by atoms with Gasteiger partial charge >= 0.3 is 5.97 Å². The Morgan fingerprint density at radius 3 is 2.82 bits per heavy atom. The van der Waals surface area contributed by atoms with Crippen LogP contribution < -0.4 is 4.74 Å². The number of morpholine rings is 1. The van der Waals surface area contributed by atoms with E-state index in [-0.39, 0.29) is 25.0 Å². The van der Waals surface area contributed by atoms with E-state index in [2.05, 4.69) is 0 Å². The van der Waals surface area contributed by atoms with Crippen LogP contribution in [-0.4, -0.2) is 54.3 Å². The lowest BCUT2D eigenvalue weighted by Crippen LogP contribution is -2.52. The molecule has 120 valence electrons. The van der Waals surface area contributed by atoms with Gasteiger partial charge in [0, 0.05) is 17.1 Å². The number of carboxylic acids is 1. The van der Waals surface area contributed by atoms with Gasteiger partial charge in [-0.05, 0) is 25.1 Å². The van der Waals surface area contributed by atoms with Gasteiger partial charge in [-0.2, -0.15) is 0 Å². The Morgan fingerprint density at radius 2 is 2.18 bits per heavy atom. The van der Waals surface area contributed by atoms with Crippen LogP contribution in [0.1, 0.15) is 12.5 Å². The maximum atomic E-state index is 12.4. The Hall–Kier alpha value is -1.79. The highest BCUT2D eigenvalue weighted by Crippen LogP contribution is 2.24. The molecule has 1 aliphatic rings. The molecular formula is C15H18ClNO5. The fraction of sp³-hybridized carbons (Fsp3) is 0.467. The summed E-state index contributed by atoms with van der Waals surface area (Å²) in [6.45, 7) is 2.15. The molecule has 1 aliphatic heterocycles. The van der Waals surface area contributed by atoms with Gasteiger partial charge in [0.25, 0.3) is 0 Å². The molecule has 0 aromatic heterocycles. The highest BCUT2D eigenvalue weighted by molar-refractivity contribution is 6.30. The van der Waals surface area contributed by atoms with Crippen LogP contribution in [-0.2, 0) is 20.7 Å². The first-order chi connectivity index (χ1) is 10.4. The van der Waals surface area contributed by atoms with Crippen molar-refractivity contribution in [2.24, 2.45) is 0 Å². The molecule has 1 aromatic carbocycles. The summed E-state index contributed by atoms with van der Waals surface area (Å²) in [5.74, 6) is -0.666. The van der Waals surface area contributed by atoms with Gasteiger partial charge < -0.3 is 19.5 Å². The number of aliphatic carboxylic acids is 1. The molecule has 6 nitrogen and oxygen atoms in total. The minimum Gasteiger partial charge on any atom is -0.496 e. The molecule has 0 spiro atoms. The van der Waals surface area contributed by atoms with Crippen molar-refractivity contribution < 1.29 is 24.2 Å². The lowest BCUT2D eigenvalue weighted by molar-refractivity contribution is -0.166. The summed E-state index contributed by atoms with van der Waals surface area (Å²) in [4.78, 5) is 25.0. The Morgan fingerprint density at radius 1 is 1.45 bits per heavy atom. The van der Waals surface area contributed by atoms with Crippen LogP contribution in [0.2, 0.25) is 5.02 Å². The number of methoxy groups -OCH3 is 1. The second-order valence-electron chi connectivity index (χ2n) is 5.21. The number of carbonyl (C=O) groups excluding carboxylic acids is 1. The molecule has 1 heterocycles. The second kappa shape index (κ2) is 6.98. The van der Waals surface area contributed by atoms with Crippen molar-refractivity contribution in [2.45, 2.75) is 25.6 Å². The topological polar surface area (TPSA) is 76.1 Å². The predicted molar refractivity (Wildman–Crippen MR) is 80.3 cm³/mol. The number of hydrogen-bond acceptors (Lipinski definition) is 4. The Labute approximate surface area is 133 Å². The molecule has 7 heteroatoms. The molecule has 0 aliphatic carbocycles. The number of nitrogens with zero attached hydrogens (tertiary/aromatic N) is 1. The smallest absolute Gasteiger partial charge is 0.334 e. The zero-order valence-corrected chi connectivity index (χ0v) is 13.2. The average Bonchev–Trinajstić information content (AvgIpc) is 2.46. The van der Waals surface area contributed by atoms with E-state index in [0.717, 1.165) is 0 Å². The molecule has 1 unspecified atom stereocenters. The van der Waals surface area contributed by atoms with Crippen LogP contribution in [0, 0.1) is 0 Å². The van der Waals surface area contributed by atoms with Crippen LogP contribution in [0.4, 0.5) is 0 Å². The standard InChI is InChI=1S/C15H18ClNO5/c1-9-7-17(8-13(22-9)15(19)20)14(18)6-10-5-11(16)3-4-12(10)21-2/h3-5,9,13H,6-8H2,1-2H3,(H,19,20)/t9-,13?/m1/s1. The van der Waals surface area contributed by atoms with Gasteiger partial charge in [0.1, 0.15) is 5.75 Å². The van der Waals surface area contributed by atoms with Crippen molar-refractivity contribution in [3.63, 3.8) is 0 Å². The first-order valence-electron chi connectivity index (χ1n) is 6.89. The normalized spacial score (nSPS) is 21.5. The number of carbonyl (C=O) groups is 2. The van der Waals surface area contributed by atoms with Crippen LogP contribution in [0.25, 0.3) is 0 Å². The highest BCUT2D eigenvalue weighted by Gasteiger charge is 2.32. The molecular weight excluding hydrogens is 310 g/mol. The van der Waals surface area contributed by atoms with Gasteiger partial charge in [-0.25, -0.2) is 4.79 Å². The van der Waals surface area contributed by atoms with Crippen LogP contribution in [0.15, 0.2) is 18.2 Å². The summed E-state index contributed by atoms with van der Waals surface area (Å²) in [5.41, 5.74) is 0.672. The van der Waals surface area contributed by atoms with Crippen molar-refractivity contribution in [3.05, 3.63) is 28.8 Å². The fourth-order valence-corrected chi connectivity index (χ4v) is 2.65. The Bertz CT molecular complexity index is 577. The highest BCUT2D eigenvalue weighted by atomic mass is 35.5. The summed E-state index contributed by atoms with van der Waals surface area (Å²) >= 11 is 5.95. The molecule has 22 heavy (non-hydrogen) atoms. The number of halogens is 1. The van der Waals surface area contributed by atoms with Gasteiger partial charge in [0.05, 0.1) is 26.2 Å². The summed E-state index contributed by atoms with van der Waals surface area (Å²) in [5, 5.41) is 9.58. The first kappa shape index (κ1) is 16.6. The molecule has 2 atom stereocenters. The Balaban J connectivity index is 2.11. The van der Waals surface area contributed by atoms with Crippen molar-refractivity contribution >= 4 is 23.5 Å². The minimum atomic E-state index is -1.07. The molecule has 1 aromatic rings. The molecule has 0 saturated carbocycles. The maximum Gasteiger partial charge on any atom is 0.334 e. The lowest BCUT2D eigenvalue weighted by Gasteiger charge is -2.35. The van der Waals surface area contributed by atoms with E-state index in [1.807, 2.05) is 0 Å². The molecule has 1 fully saturated rings. The molecule has 1 saturated heterocycles. The third-order valence-corrected chi connectivity index (χ3v) is 3.71. The fourth-order valence-electron chi connectivity index (χ4n) is 2.45. The quantitative estimate of drug-likeness (QED) is 0.909. The zero-order valence-electron chi connectivity index (χ0n) is 12.4. The predicted octanol–water partition coefficient (Wildman–Crippen LogP) is 1.59. The lowest BCUT2D eigenvalue weighted by atomic mass is 10.1. The number of carboxylic acid groups (broad SMARTS) is 1. The van der Waals surface area contributed by atoms with Gasteiger partial charge in [0.15, 0.2) is 6.10 Å². The van der Waals surface area contributed by atoms with E-state index in [1.165, 1.54) is 12.0 Å². The largest absolute Gasteiger partial charge is 0.496 e. The summed E-state index contributed by atoms with van der Waals surface area (Å²) in [7, 11) is 1.52. The second-order valence-corrected chi connectivity index (χ2v) is 5.64. The third-order valence-electron chi connectivity index (χ3n) is 3.47. The van der Waals surface area contributed by atoms with Crippen molar-refractivity contribution in [3.8, 4) is 5.75 Å². The van der Waals surface area contributed by atoms with Crippen molar-refractivity contribution in [2.75, 3.05) is 20.2 Å². The van der Waals surface area contributed by atoms with Crippen molar-refractivity contribution in [1.29, 1.82) is 0 Å². The SMILES string of the molecule is COc1ccc(Cl)cc1CC(=O)N1CC(C(=O)O)O[C@H](C)C1. The molecule has 1 amide bonds. The first-order valence-corrected chi connectivity index (χ1v) is 7.27. The number of rotatable bonds is 4. The summed E-state index contributed by atoms with van der Waals surface area (Å²) < 4.78 is 10.5. The maximum absolute atomic E-state index is 12.4. The average molecular weight is 328 g/mol. The van der Waals surface area contributed by atoms with Crippen LogP contribution in [0.5, 0.6) is 5.75 Å². The molecule has 0 bridgehead atoms. The van der Waals surface area contributed by atoms with E-state index in [1.54, 1.807) is 25.1 Å². The third kappa shape index (κ3) is 3.90. The van der Waals surface area contributed by atoms with E-state index in [0.29, 0.717) is 22.9 Å². The number of ether oxygens (including phenoxy) is 2. The molecule has 2 rings (SSSR count). The van der Waals surface area contributed by atoms with E-state index >= 15 is 0 Å². The van der Waals surface area contributed by atoms with Gasteiger partial charge in [-0.15, -0.1) is 0 Å². The summed E-state index contributed by atoms with van der Waals surface area (Å²) in [6.07, 6.45) is -1.21. The Kier molecular flexibility index (Phi) is 5.26. The van der Waals surface area contributed by atoms with Crippen molar-refractivity contribution in [1.82, 2.24) is 4.90 Å². The number of amides is 1. The van der Waals surface area contributed by atoms with Crippen LogP contribution >= 0.6 is 11.6 Å². The van der Waals surface area contributed by atoms with Crippen LogP contribution in [0.3, 0.4) is 0 Å². The monoisotopic (exact) mass is 327 g/mol. The number of hydrogen-bond donors (Lipinski definition) is 1. The van der Waals surface area contributed by atoms with E-state index in [4.69, 9.17) is 26.2 Å².